The monoisotopic (exact) mass is 367 g/mol. The summed E-state index contributed by atoms with van der Waals surface area (Å²) in [5.74, 6) is 1.36. The topological polar surface area (TPSA) is 69.3 Å². The lowest BCUT2D eigenvalue weighted by Crippen LogP contribution is -2.34. The number of urea groups is 1. The Morgan fingerprint density at radius 1 is 1.07 bits per heavy atom. The highest BCUT2D eigenvalue weighted by molar-refractivity contribution is 5.88. The molecule has 0 spiro atoms. The molecule has 3 rings (SSSR count). The molecule has 1 saturated heterocycles. The Labute approximate surface area is 161 Å². The zero-order valence-corrected chi connectivity index (χ0v) is 16.3. The van der Waals surface area contributed by atoms with E-state index in [-0.39, 0.29) is 12.1 Å². The van der Waals surface area contributed by atoms with Gasteiger partial charge in [-0.05, 0) is 69.0 Å². The van der Waals surface area contributed by atoms with Gasteiger partial charge in [-0.3, -0.25) is 5.32 Å². The van der Waals surface area contributed by atoms with Crippen molar-refractivity contribution in [1.82, 2.24) is 10.3 Å². The molecule has 2 aromatic rings. The molecule has 1 aromatic carbocycles. The highest BCUT2D eigenvalue weighted by Crippen LogP contribution is 2.25. The first-order chi connectivity index (χ1) is 13.0. The second-order valence-electron chi connectivity index (χ2n) is 7.53. The molecule has 2 heterocycles. The SMILES string of the molecule is CC1CCN(c2ccc(Nc3ccc(NC(=O)NC(C)C)nc3)cc2)CC1. The molecule has 1 aliphatic heterocycles. The van der Waals surface area contributed by atoms with Crippen molar-refractivity contribution in [2.75, 3.05) is 28.6 Å². The van der Waals surface area contributed by atoms with Crippen LogP contribution in [0.2, 0.25) is 0 Å². The minimum Gasteiger partial charge on any atom is -0.372 e. The average molecular weight is 367 g/mol. The molecule has 0 atom stereocenters. The van der Waals surface area contributed by atoms with Gasteiger partial charge >= 0.3 is 6.03 Å². The third-order valence-corrected chi connectivity index (χ3v) is 4.73. The second kappa shape index (κ2) is 8.75. The number of pyridine rings is 1. The first-order valence-electron chi connectivity index (χ1n) is 9.65. The lowest BCUT2D eigenvalue weighted by atomic mass is 9.99. The van der Waals surface area contributed by atoms with Crippen LogP contribution in [0.15, 0.2) is 42.6 Å². The van der Waals surface area contributed by atoms with E-state index in [0.29, 0.717) is 5.82 Å². The number of anilines is 4. The zero-order chi connectivity index (χ0) is 19.2. The summed E-state index contributed by atoms with van der Waals surface area (Å²) >= 11 is 0. The van der Waals surface area contributed by atoms with Gasteiger partial charge in [-0.15, -0.1) is 0 Å². The van der Waals surface area contributed by atoms with Crippen molar-refractivity contribution in [1.29, 1.82) is 0 Å². The van der Waals surface area contributed by atoms with Crippen LogP contribution in [0.1, 0.15) is 33.6 Å². The fourth-order valence-corrected chi connectivity index (χ4v) is 3.15. The number of rotatable bonds is 5. The molecule has 1 fully saturated rings. The smallest absolute Gasteiger partial charge is 0.320 e. The normalized spacial score (nSPS) is 14.9. The summed E-state index contributed by atoms with van der Waals surface area (Å²) in [6.45, 7) is 8.43. The molecule has 1 aliphatic rings. The van der Waals surface area contributed by atoms with Gasteiger partial charge in [0.1, 0.15) is 5.82 Å². The van der Waals surface area contributed by atoms with Gasteiger partial charge in [0.15, 0.2) is 0 Å². The molecule has 6 heteroatoms. The van der Waals surface area contributed by atoms with Crippen molar-refractivity contribution in [2.45, 2.75) is 39.7 Å². The van der Waals surface area contributed by atoms with Gasteiger partial charge in [-0.1, -0.05) is 6.92 Å². The number of piperidine rings is 1. The van der Waals surface area contributed by atoms with E-state index in [2.05, 4.69) is 57.0 Å². The van der Waals surface area contributed by atoms with E-state index >= 15 is 0 Å². The number of nitrogens with zero attached hydrogens (tertiary/aromatic N) is 2. The van der Waals surface area contributed by atoms with Gasteiger partial charge in [0.05, 0.1) is 11.9 Å². The fourth-order valence-electron chi connectivity index (χ4n) is 3.15. The summed E-state index contributed by atoms with van der Waals surface area (Å²) in [6.07, 6.45) is 4.24. The van der Waals surface area contributed by atoms with Crippen LogP contribution in [0, 0.1) is 5.92 Å². The number of hydrogen-bond acceptors (Lipinski definition) is 4. The van der Waals surface area contributed by atoms with Crippen LogP contribution in [-0.2, 0) is 0 Å². The van der Waals surface area contributed by atoms with Crippen LogP contribution in [0.3, 0.4) is 0 Å². The van der Waals surface area contributed by atoms with Gasteiger partial charge in [0, 0.05) is 30.5 Å². The van der Waals surface area contributed by atoms with Gasteiger partial charge in [0.2, 0.25) is 0 Å². The molecule has 1 aromatic heterocycles. The van der Waals surface area contributed by atoms with Crippen molar-refractivity contribution in [3.63, 3.8) is 0 Å². The van der Waals surface area contributed by atoms with Crippen molar-refractivity contribution in [2.24, 2.45) is 5.92 Å². The van der Waals surface area contributed by atoms with Crippen LogP contribution < -0.4 is 20.9 Å². The molecular weight excluding hydrogens is 338 g/mol. The summed E-state index contributed by atoms with van der Waals surface area (Å²) in [6, 6.07) is 12.0. The number of carbonyl (C=O) groups is 1. The summed E-state index contributed by atoms with van der Waals surface area (Å²) in [5, 5.41) is 8.83. The van der Waals surface area contributed by atoms with Crippen molar-refractivity contribution in [3.05, 3.63) is 42.6 Å². The third kappa shape index (κ3) is 5.61. The standard InChI is InChI=1S/C21H29N5O/c1-15(2)23-21(27)25-20-9-6-18(14-22-20)24-17-4-7-19(8-5-17)26-12-10-16(3)11-13-26/h4-9,14-16,24H,10-13H2,1-3H3,(H2,22,23,25,27). The Morgan fingerprint density at radius 2 is 1.74 bits per heavy atom. The van der Waals surface area contributed by atoms with Crippen molar-refractivity contribution >= 4 is 28.9 Å². The molecule has 27 heavy (non-hydrogen) atoms. The van der Waals surface area contributed by atoms with Gasteiger partial charge in [-0.2, -0.15) is 0 Å². The van der Waals surface area contributed by atoms with Gasteiger partial charge in [0.25, 0.3) is 0 Å². The first kappa shape index (κ1) is 19.0. The summed E-state index contributed by atoms with van der Waals surface area (Å²) in [4.78, 5) is 18.4. The average Bonchev–Trinajstić information content (AvgIpc) is 2.64. The summed E-state index contributed by atoms with van der Waals surface area (Å²) in [7, 11) is 0. The Morgan fingerprint density at radius 3 is 2.33 bits per heavy atom. The number of aromatic nitrogens is 1. The Hall–Kier alpha value is -2.76. The van der Waals surface area contributed by atoms with E-state index in [1.807, 2.05) is 19.9 Å². The van der Waals surface area contributed by atoms with E-state index < -0.39 is 0 Å². The van der Waals surface area contributed by atoms with E-state index in [4.69, 9.17) is 0 Å². The fraction of sp³-hybridized carbons (Fsp3) is 0.429. The molecule has 144 valence electrons. The predicted octanol–water partition coefficient (Wildman–Crippen LogP) is 4.59. The Balaban J connectivity index is 1.55. The molecule has 0 saturated carbocycles. The van der Waals surface area contributed by atoms with Crippen LogP contribution in [0.5, 0.6) is 0 Å². The highest BCUT2D eigenvalue weighted by atomic mass is 16.2. The molecule has 2 amide bonds. The van der Waals surface area contributed by atoms with E-state index in [1.54, 1.807) is 12.3 Å². The first-order valence-corrected chi connectivity index (χ1v) is 9.65. The molecular formula is C21H29N5O. The number of nitrogens with one attached hydrogen (secondary N) is 3. The number of benzene rings is 1. The maximum absolute atomic E-state index is 11.7. The van der Waals surface area contributed by atoms with Crippen LogP contribution >= 0.6 is 0 Å². The lowest BCUT2D eigenvalue weighted by molar-refractivity contribution is 0.250. The van der Waals surface area contributed by atoms with Gasteiger partial charge < -0.3 is 15.5 Å². The van der Waals surface area contributed by atoms with Gasteiger partial charge in [-0.25, -0.2) is 9.78 Å². The molecule has 0 unspecified atom stereocenters. The van der Waals surface area contributed by atoms with E-state index in [1.165, 1.54) is 18.5 Å². The number of amides is 2. The van der Waals surface area contributed by atoms with Crippen LogP contribution in [-0.4, -0.2) is 30.1 Å². The quantitative estimate of drug-likeness (QED) is 0.723. The Bertz CT molecular complexity index is 734. The third-order valence-electron chi connectivity index (χ3n) is 4.73. The molecule has 0 aliphatic carbocycles. The molecule has 0 bridgehead atoms. The lowest BCUT2D eigenvalue weighted by Gasteiger charge is -2.32. The predicted molar refractivity (Wildman–Crippen MR) is 112 cm³/mol. The molecule has 6 nitrogen and oxygen atoms in total. The second-order valence-corrected chi connectivity index (χ2v) is 7.53. The zero-order valence-electron chi connectivity index (χ0n) is 16.3. The highest BCUT2D eigenvalue weighted by Gasteiger charge is 2.15. The minimum atomic E-state index is -0.249. The Kier molecular flexibility index (Phi) is 6.16. The van der Waals surface area contributed by atoms with Crippen molar-refractivity contribution in [3.8, 4) is 0 Å². The number of carbonyl (C=O) groups excluding carboxylic acids is 1. The van der Waals surface area contributed by atoms with Crippen LogP contribution in [0.25, 0.3) is 0 Å². The summed E-state index contributed by atoms with van der Waals surface area (Å²) in [5.41, 5.74) is 3.18. The summed E-state index contributed by atoms with van der Waals surface area (Å²) < 4.78 is 0. The van der Waals surface area contributed by atoms with E-state index in [0.717, 1.165) is 30.4 Å². The molecule has 0 radical (unpaired) electrons. The van der Waals surface area contributed by atoms with E-state index in [9.17, 15) is 4.79 Å². The largest absolute Gasteiger partial charge is 0.372 e. The minimum absolute atomic E-state index is 0.0854. The molecule has 3 N–H and O–H groups in total. The number of hydrogen-bond donors (Lipinski definition) is 3. The maximum atomic E-state index is 11.7. The van der Waals surface area contributed by atoms with Crippen LogP contribution in [0.4, 0.5) is 27.7 Å². The van der Waals surface area contributed by atoms with Crippen molar-refractivity contribution < 1.29 is 4.79 Å². The maximum Gasteiger partial charge on any atom is 0.320 e.